The van der Waals surface area contributed by atoms with Crippen molar-refractivity contribution in [2.24, 2.45) is 5.92 Å². The normalized spacial score (nSPS) is 32.4. The highest BCUT2D eigenvalue weighted by Gasteiger charge is 2.34. The highest BCUT2D eigenvalue weighted by molar-refractivity contribution is 5.09. The minimum atomic E-state index is -0.153. The van der Waals surface area contributed by atoms with Crippen molar-refractivity contribution in [2.45, 2.75) is 45.3 Å². The number of aliphatic hydroxyl groups is 1. The van der Waals surface area contributed by atoms with Crippen LogP contribution in [-0.2, 0) is 6.54 Å². The zero-order valence-corrected chi connectivity index (χ0v) is 8.72. The van der Waals surface area contributed by atoms with Gasteiger partial charge in [0.2, 0.25) is 0 Å². The number of nitrogens with zero attached hydrogens (tertiary/aromatic N) is 3. The van der Waals surface area contributed by atoms with E-state index in [1.165, 1.54) is 5.69 Å². The lowest BCUT2D eigenvalue weighted by molar-refractivity contribution is 0.136. The van der Waals surface area contributed by atoms with Crippen molar-refractivity contribution in [1.82, 2.24) is 15.0 Å². The third kappa shape index (κ3) is 1.43. The van der Waals surface area contributed by atoms with Gasteiger partial charge in [0.25, 0.3) is 0 Å². The Morgan fingerprint density at radius 2 is 2.36 bits per heavy atom. The van der Waals surface area contributed by atoms with Gasteiger partial charge in [-0.3, -0.25) is 0 Å². The van der Waals surface area contributed by atoms with Crippen molar-refractivity contribution in [3.63, 3.8) is 0 Å². The van der Waals surface area contributed by atoms with Crippen LogP contribution in [0.15, 0.2) is 6.20 Å². The predicted octanol–water partition coefficient (Wildman–Crippen LogP) is 1.17. The van der Waals surface area contributed by atoms with Crippen LogP contribution in [0.2, 0.25) is 0 Å². The zero-order chi connectivity index (χ0) is 10.1. The van der Waals surface area contributed by atoms with Gasteiger partial charge >= 0.3 is 0 Å². The monoisotopic (exact) mass is 195 g/mol. The lowest BCUT2D eigenvalue weighted by atomic mass is 9.94. The summed E-state index contributed by atoms with van der Waals surface area (Å²) in [6.45, 7) is 5.03. The van der Waals surface area contributed by atoms with Crippen molar-refractivity contribution in [1.29, 1.82) is 0 Å². The summed E-state index contributed by atoms with van der Waals surface area (Å²) >= 11 is 0. The van der Waals surface area contributed by atoms with Crippen molar-refractivity contribution >= 4 is 0 Å². The van der Waals surface area contributed by atoms with Gasteiger partial charge in [-0.15, -0.1) is 5.10 Å². The largest absolute Gasteiger partial charge is 0.393 e. The highest BCUT2D eigenvalue weighted by Crippen LogP contribution is 2.38. The Kier molecular flexibility index (Phi) is 2.54. The Bertz CT molecular complexity index is 310. The minimum Gasteiger partial charge on any atom is -0.393 e. The SMILES string of the molecule is CCn1nncc1C1CCC(O)C1C. The summed E-state index contributed by atoms with van der Waals surface area (Å²) in [5.74, 6) is 0.763. The van der Waals surface area contributed by atoms with E-state index < -0.39 is 0 Å². The van der Waals surface area contributed by atoms with E-state index in [9.17, 15) is 5.11 Å². The Hall–Kier alpha value is -0.900. The molecule has 1 N–H and O–H groups in total. The summed E-state index contributed by atoms with van der Waals surface area (Å²) in [5.41, 5.74) is 1.18. The Morgan fingerprint density at radius 1 is 1.57 bits per heavy atom. The molecule has 3 unspecified atom stereocenters. The van der Waals surface area contributed by atoms with Crippen LogP contribution in [0.5, 0.6) is 0 Å². The van der Waals surface area contributed by atoms with E-state index >= 15 is 0 Å². The molecule has 0 spiro atoms. The molecule has 1 aromatic heterocycles. The summed E-state index contributed by atoms with van der Waals surface area (Å²) in [5, 5.41) is 17.6. The van der Waals surface area contributed by atoms with Gasteiger partial charge in [-0.2, -0.15) is 0 Å². The summed E-state index contributed by atoms with van der Waals surface area (Å²) in [7, 11) is 0. The molecule has 1 saturated carbocycles. The first-order valence-electron chi connectivity index (χ1n) is 5.30. The summed E-state index contributed by atoms with van der Waals surface area (Å²) in [6.07, 6.45) is 3.64. The first kappa shape index (κ1) is 9.65. The molecule has 1 aliphatic carbocycles. The molecule has 1 heterocycles. The second-order valence-electron chi connectivity index (χ2n) is 4.08. The maximum absolute atomic E-state index is 9.68. The maximum Gasteiger partial charge on any atom is 0.0728 e. The number of aliphatic hydroxyl groups excluding tert-OH is 1. The van der Waals surface area contributed by atoms with E-state index in [1.807, 2.05) is 10.9 Å². The molecule has 4 nitrogen and oxygen atoms in total. The van der Waals surface area contributed by atoms with Crippen molar-refractivity contribution in [2.75, 3.05) is 0 Å². The molecule has 0 amide bonds. The minimum absolute atomic E-state index is 0.153. The quantitative estimate of drug-likeness (QED) is 0.770. The molecule has 3 atom stereocenters. The van der Waals surface area contributed by atoms with Crippen LogP contribution in [0.1, 0.15) is 38.3 Å². The Morgan fingerprint density at radius 3 is 2.93 bits per heavy atom. The summed E-state index contributed by atoms with van der Waals surface area (Å²) < 4.78 is 1.93. The number of hydrogen-bond donors (Lipinski definition) is 1. The van der Waals surface area contributed by atoms with Crippen molar-refractivity contribution < 1.29 is 5.11 Å². The highest BCUT2D eigenvalue weighted by atomic mass is 16.3. The fourth-order valence-corrected chi connectivity index (χ4v) is 2.36. The average Bonchev–Trinajstić information content (AvgIpc) is 2.75. The van der Waals surface area contributed by atoms with Gasteiger partial charge in [0.1, 0.15) is 0 Å². The van der Waals surface area contributed by atoms with Gasteiger partial charge in [0.15, 0.2) is 0 Å². The van der Waals surface area contributed by atoms with Gasteiger partial charge in [-0.1, -0.05) is 12.1 Å². The lowest BCUT2D eigenvalue weighted by Crippen LogP contribution is -2.16. The van der Waals surface area contributed by atoms with E-state index in [-0.39, 0.29) is 6.10 Å². The molecule has 0 aromatic carbocycles. The Balaban J connectivity index is 2.23. The van der Waals surface area contributed by atoms with Gasteiger partial charge in [-0.05, 0) is 25.7 Å². The zero-order valence-electron chi connectivity index (χ0n) is 8.72. The van der Waals surface area contributed by atoms with E-state index in [1.54, 1.807) is 0 Å². The van der Waals surface area contributed by atoms with Gasteiger partial charge in [0.05, 0.1) is 18.0 Å². The first-order valence-corrected chi connectivity index (χ1v) is 5.30. The average molecular weight is 195 g/mol. The topological polar surface area (TPSA) is 50.9 Å². The second kappa shape index (κ2) is 3.69. The van der Waals surface area contributed by atoms with E-state index in [0.717, 1.165) is 19.4 Å². The molecule has 4 heteroatoms. The standard InChI is InChI=1S/C10H17N3O/c1-3-13-9(6-11-12-13)8-4-5-10(14)7(8)2/h6-8,10,14H,3-5H2,1-2H3. The van der Waals surface area contributed by atoms with E-state index in [4.69, 9.17) is 0 Å². The number of aromatic nitrogens is 3. The molecular formula is C10H17N3O. The van der Waals surface area contributed by atoms with Crippen LogP contribution in [0.25, 0.3) is 0 Å². The molecule has 1 aromatic rings. The summed E-state index contributed by atoms with van der Waals surface area (Å²) in [4.78, 5) is 0. The van der Waals surface area contributed by atoms with Gasteiger partial charge in [0, 0.05) is 12.5 Å². The maximum atomic E-state index is 9.68. The van der Waals surface area contributed by atoms with Crippen LogP contribution in [0.3, 0.4) is 0 Å². The van der Waals surface area contributed by atoms with Crippen LogP contribution < -0.4 is 0 Å². The number of hydrogen-bond acceptors (Lipinski definition) is 3. The summed E-state index contributed by atoms with van der Waals surface area (Å²) in [6, 6.07) is 0. The van der Waals surface area contributed by atoms with Crippen LogP contribution >= 0.6 is 0 Å². The third-order valence-corrected chi connectivity index (χ3v) is 3.34. The molecular weight excluding hydrogens is 178 g/mol. The van der Waals surface area contributed by atoms with Crippen LogP contribution in [-0.4, -0.2) is 26.2 Å². The third-order valence-electron chi connectivity index (χ3n) is 3.34. The van der Waals surface area contributed by atoms with E-state index in [2.05, 4.69) is 24.2 Å². The molecule has 1 aliphatic rings. The van der Waals surface area contributed by atoms with Crippen LogP contribution in [0.4, 0.5) is 0 Å². The molecule has 0 bridgehead atoms. The van der Waals surface area contributed by atoms with Crippen molar-refractivity contribution in [3.05, 3.63) is 11.9 Å². The second-order valence-corrected chi connectivity index (χ2v) is 4.08. The van der Waals surface area contributed by atoms with Crippen LogP contribution in [0, 0.1) is 5.92 Å². The first-order chi connectivity index (χ1) is 6.74. The molecule has 78 valence electrons. The molecule has 0 aliphatic heterocycles. The Labute approximate surface area is 83.9 Å². The molecule has 14 heavy (non-hydrogen) atoms. The lowest BCUT2D eigenvalue weighted by Gasteiger charge is -2.17. The van der Waals surface area contributed by atoms with Gasteiger partial charge < -0.3 is 5.11 Å². The van der Waals surface area contributed by atoms with Gasteiger partial charge in [-0.25, -0.2) is 4.68 Å². The molecule has 2 rings (SSSR count). The molecule has 0 radical (unpaired) electrons. The fraction of sp³-hybridized carbons (Fsp3) is 0.800. The number of rotatable bonds is 2. The predicted molar refractivity (Wildman–Crippen MR) is 52.8 cm³/mol. The fourth-order valence-electron chi connectivity index (χ4n) is 2.36. The molecule has 1 fully saturated rings. The number of aryl methyl sites for hydroxylation is 1. The molecule has 0 saturated heterocycles. The smallest absolute Gasteiger partial charge is 0.0728 e. The van der Waals surface area contributed by atoms with Crippen molar-refractivity contribution in [3.8, 4) is 0 Å². The van der Waals surface area contributed by atoms with E-state index in [0.29, 0.717) is 11.8 Å².